The molecule has 1 atom stereocenters. The Morgan fingerprint density at radius 1 is 1.08 bits per heavy atom. The van der Waals surface area contributed by atoms with Gasteiger partial charge in [-0.1, -0.05) is 0 Å². The summed E-state index contributed by atoms with van der Waals surface area (Å²) in [5, 5.41) is 10.7. The molecule has 11 heteroatoms. The summed E-state index contributed by atoms with van der Waals surface area (Å²) < 4.78 is 76.3. The Kier molecular flexibility index (Phi) is 6.05. The molecular weight excluding hydrogens is 358 g/mol. The van der Waals surface area contributed by atoms with Crippen LogP contribution in [0.1, 0.15) is 18.1 Å². The number of carbonyl (C=O) groups excluding carboxylic acids is 1. The van der Waals surface area contributed by atoms with Crippen LogP contribution in [0.3, 0.4) is 0 Å². The van der Waals surface area contributed by atoms with Gasteiger partial charge in [0.05, 0.1) is 17.7 Å². The lowest BCUT2D eigenvalue weighted by molar-refractivity contribution is -0.144. The maximum Gasteiger partial charge on any atom is 0.416 e. The molecule has 1 rings (SSSR count). The Morgan fingerprint density at radius 2 is 1.52 bits per heavy atom. The molecule has 2 N–H and O–H groups in total. The second kappa shape index (κ2) is 7.30. The van der Waals surface area contributed by atoms with E-state index in [-0.39, 0.29) is 6.07 Å². The number of carboxylic acids is 1. The fourth-order valence-corrected chi connectivity index (χ4v) is 1.78. The SMILES string of the molecule is CC(C(=O)O)N(C)CC(=O)Nc1cc(C(F)(F)F)cc(C(F)(F)F)c1. The number of hydrogen-bond donors (Lipinski definition) is 2. The highest BCUT2D eigenvalue weighted by Crippen LogP contribution is 2.37. The molecule has 0 bridgehead atoms. The molecule has 1 unspecified atom stereocenters. The van der Waals surface area contributed by atoms with Crippen molar-refractivity contribution in [1.29, 1.82) is 0 Å². The molecule has 0 radical (unpaired) electrons. The van der Waals surface area contributed by atoms with Crippen molar-refractivity contribution in [2.24, 2.45) is 0 Å². The van der Waals surface area contributed by atoms with Crippen molar-refractivity contribution in [3.05, 3.63) is 29.3 Å². The first kappa shape index (κ1) is 20.7. The minimum Gasteiger partial charge on any atom is -0.480 e. The summed E-state index contributed by atoms with van der Waals surface area (Å²) in [4.78, 5) is 23.6. The third-order valence-corrected chi connectivity index (χ3v) is 3.28. The number of alkyl halides is 6. The zero-order chi connectivity index (χ0) is 19.6. The van der Waals surface area contributed by atoms with Crippen LogP contribution >= 0.6 is 0 Å². The molecule has 0 saturated carbocycles. The third kappa shape index (κ3) is 5.93. The van der Waals surface area contributed by atoms with Crippen molar-refractivity contribution >= 4 is 17.6 Å². The van der Waals surface area contributed by atoms with Crippen molar-refractivity contribution in [3.63, 3.8) is 0 Å². The summed E-state index contributed by atoms with van der Waals surface area (Å²) in [6.07, 6.45) is -10.1. The minimum atomic E-state index is -5.03. The number of halogens is 6. The number of hydrogen-bond acceptors (Lipinski definition) is 3. The Morgan fingerprint density at radius 3 is 1.88 bits per heavy atom. The molecule has 0 spiro atoms. The van der Waals surface area contributed by atoms with Crippen LogP contribution in [0.25, 0.3) is 0 Å². The van der Waals surface area contributed by atoms with E-state index in [2.05, 4.69) is 0 Å². The van der Waals surface area contributed by atoms with Gasteiger partial charge in [-0.3, -0.25) is 14.5 Å². The normalized spacial score (nSPS) is 13.6. The van der Waals surface area contributed by atoms with Gasteiger partial charge in [0.2, 0.25) is 5.91 Å². The summed E-state index contributed by atoms with van der Waals surface area (Å²) in [5.74, 6) is -2.20. The summed E-state index contributed by atoms with van der Waals surface area (Å²) in [5.41, 5.74) is -3.82. The number of anilines is 1. The molecule has 0 aliphatic rings. The van der Waals surface area contributed by atoms with Crippen molar-refractivity contribution < 1.29 is 41.0 Å². The van der Waals surface area contributed by atoms with Gasteiger partial charge in [0.25, 0.3) is 0 Å². The fraction of sp³-hybridized carbons (Fsp3) is 0.429. The van der Waals surface area contributed by atoms with Crippen molar-refractivity contribution in [3.8, 4) is 0 Å². The van der Waals surface area contributed by atoms with Crippen LogP contribution in [0, 0.1) is 0 Å². The van der Waals surface area contributed by atoms with Gasteiger partial charge in [-0.25, -0.2) is 0 Å². The molecule has 5 nitrogen and oxygen atoms in total. The number of carboxylic acid groups (broad SMARTS) is 1. The van der Waals surface area contributed by atoms with E-state index in [0.29, 0.717) is 12.1 Å². The maximum atomic E-state index is 12.7. The number of amides is 1. The highest BCUT2D eigenvalue weighted by Gasteiger charge is 2.37. The Balaban J connectivity index is 3.05. The highest BCUT2D eigenvalue weighted by atomic mass is 19.4. The first-order valence-electron chi connectivity index (χ1n) is 6.74. The smallest absolute Gasteiger partial charge is 0.416 e. The lowest BCUT2D eigenvalue weighted by Gasteiger charge is -2.20. The lowest BCUT2D eigenvalue weighted by atomic mass is 10.1. The zero-order valence-electron chi connectivity index (χ0n) is 13.0. The number of rotatable bonds is 5. The number of likely N-dealkylation sites (N-methyl/N-ethyl adjacent to an activating group) is 1. The van der Waals surface area contributed by atoms with Gasteiger partial charge in [0.15, 0.2) is 0 Å². The van der Waals surface area contributed by atoms with Crippen molar-refractivity contribution in [1.82, 2.24) is 4.90 Å². The van der Waals surface area contributed by atoms with Gasteiger partial charge in [-0.2, -0.15) is 26.3 Å². The van der Waals surface area contributed by atoms with E-state index >= 15 is 0 Å². The predicted octanol–water partition coefficient (Wildman–Crippen LogP) is 3.07. The van der Waals surface area contributed by atoms with E-state index < -0.39 is 53.6 Å². The molecule has 0 fully saturated rings. The summed E-state index contributed by atoms with van der Waals surface area (Å²) in [7, 11) is 1.27. The predicted molar refractivity (Wildman–Crippen MR) is 74.8 cm³/mol. The van der Waals surface area contributed by atoms with Crippen molar-refractivity contribution in [2.75, 3.05) is 18.9 Å². The maximum absolute atomic E-state index is 12.7. The first-order chi connectivity index (χ1) is 11.2. The minimum absolute atomic E-state index is 0.0612. The molecule has 1 aromatic carbocycles. The standard InChI is InChI=1S/C14H14F6N2O3/c1-7(12(24)25)22(2)6-11(23)21-10-4-8(13(15,16)17)3-9(5-10)14(18,19)20/h3-5,7H,6H2,1-2H3,(H,21,23)(H,24,25). The van der Waals surface area contributed by atoms with Crippen LogP contribution in [0.4, 0.5) is 32.0 Å². The molecule has 25 heavy (non-hydrogen) atoms. The number of benzene rings is 1. The summed E-state index contributed by atoms with van der Waals surface area (Å²) in [6.45, 7) is 0.729. The Bertz CT molecular complexity index is 625. The monoisotopic (exact) mass is 372 g/mol. The molecule has 0 heterocycles. The quantitative estimate of drug-likeness (QED) is 0.780. The van der Waals surface area contributed by atoms with E-state index in [9.17, 15) is 35.9 Å². The third-order valence-electron chi connectivity index (χ3n) is 3.28. The van der Waals surface area contributed by atoms with E-state index in [1.165, 1.54) is 14.0 Å². The van der Waals surface area contributed by atoms with Gasteiger partial charge >= 0.3 is 18.3 Å². The van der Waals surface area contributed by atoms with Gasteiger partial charge in [-0.15, -0.1) is 0 Å². The van der Waals surface area contributed by atoms with Gasteiger partial charge in [-0.05, 0) is 32.2 Å². The average molecular weight is 372 g/mol. The number of carbonyl (C=O) groups is 2. The van der Waals surface area contributed by atoms with E-state index in [4.69, 9.17) is 5.11 Å². The summed E-state index contributed by atoms with van der Waals surface area (Å²) >= 11 is 0. The van der Waals surface area contributed by atoms with Crippen molar-refractivity contribution in [2.45, 2.75) is 25.3 Å². The average Bonchev–Trinajstić information content (AvgIpc) is 2.43. The number of nitrogens with one attached hydrogen (secondary N) is 1. The van der Waals surface area contributed by atoms with Crippen LogP contribution in [0.15, 0.2) is 18.2 Å². The largest absolute Gasteiger partial charge is 0.480 e. The topological polar surface area (TPSA) is 69.6 Å². The van der Waals surface area contributed by atoms with E-state index in [1.54, 1.807) is 0 Å². The second-order valence-electron chi connectivity index (χ2n) is 5.27. The van der Waals surface area contributed by atoms with Gasteiger partial charge in [0.1, 0.15) is 6.04 Å². The Hall–Kier alpha value is -2.30. The van der Waals surface area contributed by atoms with Crippen LogP contribution in [0.5, 0.6) is 0 Å². The fourth-order valence-electron chi connectivity index (χ4n) is 1.78. The second-order valence-corrected chi connectivity index (χ2v) is 5.27. The molecular formula is C14H14F6N2O3. The lowest BCUT2D eigenvalue weighted by Crippen LogP contribution is -2.40. The number of nitrogens with zero attached hydrogens (tertiary/aromatic N) is 1. The molecule has 0 saturated heterocycles. The molecule has 0 aromatic heterocycles. The molecule has 140 valence electrons. The summed E-state index contributed by atoms with van der Waals surface area (Å²) in [6, 6.07) is -0.395. The van der Waals surface area contributed by atoms with E-state index in [1.807, 2.05) is 5.32 Å². The molecule has 1 amide bonds. The molecule has 1 aromatic rings. The first-order valence-corrected chi connectivity index (χ1v) is 6.74. The zero-order valence-corrected chi connectivity index (χ0v) is 13.0. The van der Waals surface area contributed by atoms with Crippen LogP contribution in [-0.2, 0) is 21.9 Å². The van der Waals surface area contributed by atoms with Gasteiger partial charge < -0.3 is 10.4 Å². The highest BCUT2D eigenvalue weighted by molar-refractivity contribution is 5.92. The number of aliphatic carboxylic acids is 1. The molecule has 0 aliphatic carbocycles. The van der Waals surface area contributed by atoms with E-state index in [0.717, 1.165) is 4.90 Å². The van der Waals surface area contributed by atoms with Crippen LogP contribution in [-0.4, -0.2) is 41.5 Å². The Labute approximate surface area is 138 Å². The van der Waals surface area contributed by atoms with Gasteiger partial charge in [0, 0.05) is 5.69 Å². The van der Waals surface area contributed by atoms with Crippen LogP contribution < -0.4 is 5.32 Å². The molecule has 0 aliphatic heterocycles. The van der Waals surface area contributed by atoms with Crippen LogP contribution in [0.2, 0.25) is 0 Å².